The summed E-state index contributed by atoms with van der Waals surface area (Å²) in [6.07, 6.45) is 1.95. The molecule has 0 fully saturated rings. The van der Waals surface area contributed by atoms with Gasteiger partial charge in [0, 0.05) is 0 Å². The highest BCUT2D eigenvalue weighted by Gasteiger charge is 2.16. The SMILES string of the molecule is CN(CCCN)CCC(C)(C)C#N. The molecule has 0 amide bonds. The fraction of sp³-hybridized carbons (Fsp3) is 0.900. The van der Waals surface area contributed by atoms with Crippen molar-refractivity contribution in [2.24, 2.45) is 11.1 Å². The lowest BCUT2D eigenvalue weighted by atomic mass is 9.91. The quantitative estimate of drug-likeness (QED) is 0.673. The van der Waals surface area contributed by atoms with E-state index in [0.29, 0.717) is 0 Å². The second kappa shape index (κ2) is 5.95. The Morgan fingerprint density at radius 1 is 1.38 bits per heavy atom. The average Bonchev–Trinajstić information content (AvgIpc) is 2.11. The maximum Gasteiger partial charge on any atom is 0.0684 e. The molecule has 0 atom stereocenters. The fourth-order valence-electron chi connectivity index (χ4n) is 0.999. The Balaban J connectivity index is 3.58. The zero-order chi connectivity index (χ0) is 10.3. The molecule has 3 heteroatoms. The molecule has 0 saturated heterocycles. The van der Waals surface area contributed by atoms with Crippen molar-refractivity contribution in [1.29, 1.82) is 5.26 Å². The molecule has 0 bridgehead atoms. The molecule has 0 saturated carbocycles. The van der Waals surface area contributed by atoms with E-state index >= 15 is 0 Å². The molecule has 0 rings (SSSR count). The van der Waals surface area contributed by atoms with Crippen LogP contribution < -0.4 is 5.73 Å². The standard InChI is InChI=1S/C10H21N3/c1-10(2,9-12)5-8-13(3)7-4-6-11/h4-8,11H2,1-3H3. The topological polar surface area (TPSA) is 53.0 Å². The molecule has 0 aromatic heterocycles. The van der Waals surface area contributed by atoms with E-state index in [0.717, 1.165) is 32.5 Å². The van der Waals surface area contributed by atoms with Gasteiger partial charge in [0.25, 0.3) is 0 Å². The van der Waals surface area contributed by atoms with Crippen molar-refractivity contribution in [1.82, 2.24) is 4.90 Å². The Morgan fingerprint density at radius 2 is 2.00 bits per heavy atom. The van der Waals surface area contributed by atoms with E-state index in [1.807, 2.05) is 13.8 Å². The zero-order valence-corrected chi connectivity index (χ0v) is 9.01. The Morgan fingerprint density at radius 3 is 2.46 bits per heavy atom. The van der Waals surface area contributed by atoms with Crippen LogP contribution in [0.3, 0.4) is 0 Å². The van der Waals surface area contributed by atoms with Gasteiger partial charge in [0.05, 0.1) is 11.5 Å². The Bertz CT molecular complexity index is 169. The largest absolute Gasteiger partial charge is 0.330 e. The summed E-state index contributed by atoms with van der Waals surface area (Å²) in [5.41, 5.74) is 5.21. The van der Waals surface area contributed by atoms with Gasteiger partial charge in [-0.15, -0.1) is 0 Å². The molecule has 0 radical (unpaired) electrons. The van der Waals surface area contributed by atoms with Gasteiger partial charge in [-0.3, -0.25) is 0 Å². The molecule has 0 aliphatic heterocycles. The first-order chi connectivity index (χ1) is 6.02. The molecule has 0 aliphatic carbocycles. The van der Waals surface area contributed by atoms with Gasteiger partial charge >= 0.3 is 0 Å². The summed E-state index contributed by atoms with van der Waals surface area (Å²) in [5, 5.41) is 8.79. The summed E-state index contributed by atoms with van der Waals surface area (Å²) < 4.78 is 0. The monoisotopic (exact) mass is 183 g/mol. The average molecular weight is 183 g/mol. The minimum atomic E-state index is -0.197. The molecular weight excluding hydrogens is 162 g/mol. The van der Waals surface area contributed by atoms with Gasteiger partial charge in [0.2, 0.25) is 0 Å². The third-order valence-electron chi connectivity index (χ3n) is 2.17. The van der Waals surface area contributed by atoms with Gasteiger partial charge in [-0.05, 0) is 53.4 Å². The van der Waals surface area contributed by atoms with Crippen LogP contribution in [-0.2, 0) is 0 Å². The van der Waals surface area contributed by atoms with E-state index in [2.05, 4.69) is 18.0 Å². The molecule has 0 spiro atoms. The van der Waals surface area contributed by atoms with Crippen molar-refractivity contribution in [2.45, 2.75) is 26.7 Å². The van der Waals surface area contributed by atoms with Crippen LogP contribution in [0, 0.1) is 16.7 Å². The summed E-state index contributed by atoms with van der Waals surface area (Å²) in [6.45, 7) is 6.69. The molecule has 76 valence electrons. The van der Waals surface area contributed by atoms with Crippen molar-refractivity contribution in [3.63, 3.8) is 0 Å². The van der Waals surface area contributed by atoms with Gasteiger partial charge in [0.15, 0.2) is 0 Å². The van der Waals surface area contributed by atoms with Crippen molar-refractivity contribution in [3.05, 3.63) is 0 Å². The summed E-state index contributed by atoms with van der Waals surface area (Å²) in [6, 6.07) is 2.30. The van der Waals surface area contributed by atoms with Gasteiger partial charge < -0.3 is 10.6 Å². The maximum absolute atomic E-state index is 8.79. The second-order valence-electron chi connectivity index (χ2n) is 4.19. The molecule has 0 aromatic rings. The summed E-state index contributed by atoms with van der Waals surface area (Å²) >= 11 is 0. The lowest BCUT2D eigenvalue weighted by Crippen LogP contribution is -2.26. The predicted octanol–water partition coefficient (Wildman–Crippen LogP) is 1.21. The van der Waals surface area contributed by atoms with E-state index < -0.39 is 0 Å². The van der Waals surface area contributed by atoms with Gasteiger partial charge in [0.1, 0.15) is 0 Å². The zero-order valence-electron chi connectivity index (χ0n) is 9.01. The second-order valence-corrected chi connectivity index (χ2v) is 4.19. The highest BCUT2D eigenvalue weighted by atomic mass is 15.1. The van der Waals surface area contributed by atoms with Gasteiger partial charge in [-0.1, -0.05) is 0 Å². The number of nitrogens with zero attached hydrogens (tertiary/aromatic N) is 2. The van der Waals surface area contributed by atoms with Crippen molar-refractivity contribution < 1.29 is 0 Å². The number of nitriles is 1. The Hall–Kier alpha value is -0.590. The van der Waals surface area contributed by atoms with E-state index in [1.54, 1.807) is 0 Å². The minimum absolute atomic E-state index is 0.197. The summed E-state index contributed by atoms with van der Waals surface area (Å²) in [5.74, 6) is 0. The lowest BCUT2D eigenvalue weighted by molar-refractivity contribution is 0.285. The Labute approximate surface area is 81.5 Å². The van der Waals surface area contributed by atoms with E-state index in [4.69, 9.17) is 11.0 Å². The van der Waals surface area contributed by atoms with Crippen LogP contribution in [0.4, 0.5) is 0 Å². The molecule has 13 heavy (non-hydrogen) atoms. The first-order valence-electron chi connectivity index (χ1n) is 4.82. The fourth-order valence-corrected chi connectivity index (χ4v) is 0.999. The van der Waals surface area contributed by atoms with E-state index in [9.17, 15) is 0 Å². The smallest absolute Gasteiger partial charge is 0.0684 e. The van der Waals surface area contributed by atoms with Crippen LogP contribution >= 0.6 is 0 Å². The molecule has 2 N–H and O–H groups in total. The third kappa shape index (κ3) is 6.56. The number of rotatable bonds is 6. The first-order valence-corrected chi connectivity index (χ1v) is 4.82. The third-order valence-corrected chi connectivity index (χ3v) is 2.17. The predicted molar refractivity (Wildman–Crippen MR) is 55.2 cm³/mol. The van der Waals surface area contributed by atoms with E-state index in [1.165, 1.54) is 0 Å². The summed E-state index contributed by atoms with van der Waals surface area (Å²) in [7, 11) is 2.07. The van der Waals surface area contributed by atoms with Crippen LogP contribution in [-0.4, -0.2) is 31.6 Å². The van der Waals surface area contributed by atoms with Crippen molar-refractivity contribution in [2.75, 3.05) is 26.7 Å². The van der Waals surface area contributed by atoms with Crippen LogP contribution in [0.25, 0.3) is 0 Å². The molecule has 0 unspecified atom stereocenters. The van der Waals surface area contributed by atoms with Crippen LogP contribution in [0.1, 0.15) is 26.7 Å². The van der Waals surface area contributed by atoms with Crippen molar-refractivity contribution in [3.8, 4) is 6.07 Å². The lowest BCUT2D eigenvalue weighted by Gasteiger charge is -2.21. The molecule has 0 aromatic carbocycles. The van der Waals surface area contributed by atoms with Crippen LogP contribution in [0.15, 0.2) is 0 Å². The highest BCUT2D eigenvalue weighted by molar-refractivity contribution is 4.91. The summed E-state index contributed by atoms with van der Waals surface area (Å²) in [4.78, 5) is 2.23. The van der Waals surface area contributed by atoms with Crippen molar-refractivity contribution >= 4 is 0 Å². The maximum atomic E-state index is 8.79. The van der Waals surface area contributed by atoms with Crippen LogP contribution in [0.2, 0.25) is 0 Å². The molecular formula is C10H21N3. The Kier molecular flexibility index (Phi) is 5.68. The number of hydrogen-bond donors (Lipinski definition) is 1. The highest BCUT2D eigenvalue weighted by Crippen LogP contribution is 2.18. The molecule has 0 heterocycles. The van der Waals surface area contributed by atoms with E-state index in [-0.39, 0.29) is 5.41 Å². The van der Waals surface area contributed by atoms with Crippen LogP contribution in [0.5, 0.6) is 0 Å². The minimum Gasteiger partial charge on any atom is -0.330 e. The number of hydrogen-bond acceptors (Lipinski definition) is 3. The molecule has 0 aliphatic rings. The van der Waals surface area contributed by atoms with Gasteiger partial charge in [-0.2, -0.15) is 5.26 Å². The molecule has 3 nitrogen and oxygen atoms in total. The number of nitrogens with two attached hydrogens (primary N) is 1. The van der Waals surface area contributed by atoms with Gasteiger partial charge in [-0.25, -0.2) is 0 Å². The first kappa shape index (κ1) is 12.4. The normalized spacial score (nSPS) is 11.7.